The lowest BCUT2D eigenvalue weighted by Crippen LogP contribution is -1.80. The van der Waals surface area contributed by atoms with E-state index in [2.05, 4.69) is 22.9 Å². The molecule has 0 atom stereocenters. The molecule has 12 heavy (non-hydrogen) atoms. The van der Waals surface area contributed by atoms with E-state index in [1.165, 1.54) is 0 Å². The molecular formula is C10H11BrO. The van der Waals surface area contributed by atoms with Crippen LogP contribution in [-0.2, 0) is 0 Å². The van der Waals surface area contributed by atoms with Crippen LogP contribution in [0.1, 0.15) is 13.3 Å². The zero-order chi connectivity index (χ0) is 8.81. The molecule has 0 aliphatic rings. The maximum Gasteiger partial charge on any atom is 0.126 e. The molecule has 1 nitrogen and oxygen atoms in total. The lowest BCUT2D eigenvalue weighted by Gasteiger charge is -1.98. The number of halogens is 1. The van der Waals surface area contributed by atoms with Crippen molar-refractivity contribution in [2.75, 3.05) is 0 Å². The van der Waals surface area contributed by atoms with E-state index < -0.39 is 0 Å². The molecular weight excluding hydrogens is 216 g/mol. The van der Waals surface area contributed by atoms with Crippen molar-refractivity contribution in [3.05, 3.63) is 41.1 Å². The second kappa shape index (κ2) is 4.99. The van der Waals surface area contributed by atoms with Crippen LogP contribution >= 0.6 is 15.9 Å². The summed E-state index contributed by atoms with van der Waals surface area (Å²) in [6, 6.07) is 7.75. The Morgan fingerprint density at radius 1 is 1.33 bits per heavy atom. The van der Waals surface area contributed by atoms with Crippen molar-refractivity contribution in [2.45, 2.75) is 13.3 Å². The summed E-state index contributed by atoms with van der Waals surface area (Å²) in [5.74, 6) is 0.864. The Morgan fingerprint density at radius 2 is 2.00 bits per heavy atom. The van der Waals surface area contributed by atoms with E-state index in [9.17, 15) is 0 Å². The Balaban J connectivity index is 2.53. The fourth-order valence-electron chi connectivity index (χ4n) is 0.736. The number of ether oxygens (including phenoxy) is 1. The molecule has 1 aromatic carbocycles. The van der Waals surface area contributed by atoms with Gasteiger partial charge in [0.15, 0.2) is 0 Å². The Bertz CT molecular complexity index is 251. The highest BCUT2D eigenvalue weighted by Gasteiger charge is 1.88. The molecule has 64 valence electrons. The number of hydrogen-bond donors (Lipinski definition) is 0. The van der Waals surface area contributed by atoms with Crippen molar-refractivity contribution in [1.82, 2.24) is 0 Å². The van der Waals surface area contributed by atoms with E-state index >= 15 is 0 Å². The van der Waals surface area contributed by atoms with Crippen molar-refractivity contribution in [1.29, 1.82) is 0 Å². The molecule has 1 rings (SSSR count). The number of benzene rings is 1. The van der Waals surface area contributed by atoms with Crippen molar-refractivity contribution < 1.29 is 4.74 Å². The molecule has 1 aromatic rings. The molecule has 0 spiro atoms. The van der Waals surface area contributed by atoms with E-state index in [4.69, 9.17) is 4.74 Å². The third kappa shape index (κ3) is 3.09. The molecule has 0 unspecified atom stereocenters. The van der Waals surface area contributed by atoms with Gasteiger partial charge in [-0.1, -0.05) is 22.9 Å². The van der Waals surface area contributed by atoms with Crippen molar-refractivity contribution in [2.24, 2.45) is 0 Å². The van der Waals surface area contributed by atoms with Gasteiger partial charge < -0.3 is 4.74 Å². The fraction of sp³-hybridized carbons (Fsp3) is 0.200. The topological polar surface area (TPSA) is 9.23 Å². The average molecular weight is 227 g/mol. The van der Waals surface area contributed by atoms with Crippen LogP contribution in [0.15, 0.2) is 41.1 Å². The zero-order valence-electron chi connectivity index (χ0n) is 6.96. The summed E-state index contributed by atoms with van der Waals surface area (Å²) in [6.07, 6.45) is 4.68. The Morgan fingerprint density at radius 3 is 2.58 bits per heavy atom. The minimum atomic E-state index is 0.864. The summed E-state index contributed by atoms with van der Waals surface area (Å²) in [4.78, 5) is 0. The van der Waals surface area contributed by atoms with Gasteiger partial charge in [-0.15, -0.1) is 0 Å². The van der Waals surface area contributed by atoms with Crippen LogP contribution in [0, 0.1) is 0 Å². The lowest BCUT2D eigenvalue weighted by atomic mass is 10.3. The molecule has 0 aliphatic carbocycles. The third-order valence-electron chi connectivity index (χ3n) is 1.35. The SMILES string of the molecule is CC/C=C/Oc1ccc(Br)cc1. The highest BCUT2D eigenvalue weighted by atomic mass is 79.9. The van der Waals surface area contributed by atoms with Crippen LogP contribution in [0.5, 0.6) is 5.75 Å². The first-order valence-electron chi connectivity index (χ1n) is 3.90. The second-order valence-corrected chi connectivity index (χ2v) is 3.27. The molecule has 0 aromatic heterocycles. The minimum absolute atomic E-state index is 0.864. The van der Waals surface area contributed by atoms with Gasteiger partial charge in [0, 0.05) is 4.47 Å². The molecule has 0 bridgehead atoms. The van der Waals surface area contributed by atoms with E-state index in [1.807, 2.05) is 30.3 Å². The standard InChI is InChI=1S/C10H11BrO/c1-2-3-8-12-10-6-4-9(11)5-7-10/h3-8H,2H2,1H3/b8-3+. The van der Waals surface area contributed by atoms with E-state index in [0.29, 0.717) is 0 Å². The van der Waals surface area contributed by atoms with Gasteiger partial charge in [0.1, 0.15) is 5.75 Å². The maximum absolute atomic E-state index is 5.30. The zero-order valence-corrected chi connectivity index (χ0v) is 8.54. The highest BCUT2D eigenvalue weighted by molar-refractivity contribution is 9.10. The van der Waals surface area contributed by atoms with Gasteiger partial charge in [-0.25, -0.2) is 0 Å². The molecule has 0 heterocycles. The lowest BCUT2D eigenvalue weighted by molar-refractivity contribution is 0.479. The highest BCUT2D eigenvalue weighted by Crippen LogP contribution is 2.16. The number of hydrogen-bond acceptors (Lipinski definition) is 1. The summed E-state index contributed by atoms with van der Waals surface area (Å²) in [5.41, 5.74) is 0. The maximum atomic E-state index is 5.30. The van der Waals surface area contributed by atoms with Crippen LogP contribution in [0.2, 0.25) is 0 Å². The quantitative estimate of drug-likeness (QED) is 0.714. The summed E-state index contributed by atoms with van der Waals surface area (Å²) >= 11 is 3.35. The van der Waals surface area contributed by atoms with Gasteiger partial charge in [0.2, 0.25) is 0 Å². The van der Waals surface area contributed by atoms with E-state index in [0.717, 1.165) is 16.6 Å². The summed E-state index contributed by atoms with van der Waals surface area (Å²) in [7, 11) is 0. The molecule has 0 saturated carbocycles. The van der Waals surface area contributed by atoms with Gasteiger partial charge in [0.05, 0.1) is 6.26 Å². The minimum Gasteiger partial charge on any atom is -0.465 e. The van der Waals surface area contributed by atoms with Crippen molar-refractivity contribution in [3.63, 3.8) is 0 Å². The van der Waals surface area contributed by atoms with Gasteiger partial charge in [-0.3, -0.25) is 0 Å². The van der Waals surface area contributed by atoms with Crippen LogP contribution in [0.3, 0.4) is 0 Å². The molecule has 0 radical (unpaired) electrons. The summed E-state index contributed by atoms with van der Waals surface area (Å²) in [5, 5.41) is 0. The fourth-order valence-corrected chi connectivity index (χ4v) is 1.00. The van der Waals surface area contributed by atoms with Gasteiger partial charge in [0.25, 0.3) is 0 Å². The summed E-state index contributed by atoms with van der Waals surface area (Å²) in [6.45, 7) is 2.07. The van der Waals surface area contributed by atoms with Crippen LogP contribution in [0.25, 0.3) is 0 Å². The normalized spacial score (nSPS) is 10.5. The van der Waals surface area contributed by atoms with Crippen molar-refractivity contribution in [3.8, 4) is 5.75 Å². The molecule has 2 heteroatoms. The first kappa shape index (κ1) is 9.33. The monoisotopic (exact) mass is 226 g/mol. The molecule has 0 N–H and O–H groups in total. The number of allylic oxidation sites excluding steroid dienone is 1. The second-order valence-electron chi connectivity index (χ2n) is 2.35. The largest absolute Gasteiger partial charge is 0.465 e. The first-order chi connectivity index (χ1) is 5.83. The van der Waals surface area contributed by atoms with Crippen LogP contribution < -0.4 is 4.74 Å². The molecule has 0 amide bonds. The summed E-state index contributed by atoms with van der Waals surface area (Å²) < 4.78 is 6.36. The molecule has 0 fully saturated rings. The smallest absolute Gasteiger partial charge is 0.126 e. The Kier molecular flexibility index (Phi) is 3.88. The molecule has 0 aliphatic heterocycles. The van der Waals surface area contributed by atoms with Gasteiger partial charge in [-0.05, 0) is 36.8 Å². The Hall–Kier alpha value is -0.760. The van der Waals surface area contributed by atoms with Crippen molar-refractivity contribution >= 4 is 15.9 Å². The number of rotatable bonds is 3. The molecule has 0 saturated heterocycles. The Labute approximate surface area is 81.2 Å². The van der Waals surface area contributed by atoms with Gasteiger partial charge in [-0.2, -0.15) is 0 Å². The first-order valence-corrected chi connectivity index (χ1v) is 4.69. The predicted octanol–water partition coefficient (Wildman–Crippen LogP) is 3.75. The van der Waals surface area contributed by atoms with Crippen LogP contribution in [-0.4, -0.2) is 0 Å². The third-order valence-corrected chi connectivity index (χ3v) is 1.88. The predicted molar refractivity (Wildman–Crippen MR) is 54.2 cm³/mol. The van der Waals surface area contributed by atoms with Crippen LogP contribution in [0.4, 0.5) is 0 Å². The van der Waals surface area contributed by atoms with E-state index in [-0.39, 0.29) is 0 Å². The average Bonchev–Trinajstić information content (AvgIpc) is 2.09. The van der Waals surface area contributed by atoms with Gasteiger partial charge >= 0.3 is 0 Å². The van der Waals surface area contributed by atoms with E-state index in [1.54, 1.807) is 6.26 Å².